The Labute approximate surface area is 241 Å². The van der Waals surface area contributed by atoms with E-state index in [-0.39, 0.29) is 12.5 Å². The van der Waals surface area contributed by atoms with E-state index < -0.39 is 27.7 Å². The van der Waals surface area contributed by atoms with E-state index >= 15 is 0 Å². The number of anilines is 1. The molecule has 1 N–H and O–H groups in total. The number of carboxylic acids is 1. The van der Waals surface area contributed by atoms with Crippen molar-refractivity contribution in [2.24, 2.45) is 0 Å². The molecule has 0 saturated heterocycles. The SMILES string of the molecule is COCCOC1(C(=O)O)CCC(c2cc(N(COCC[Si](C)(C)C)COCC[Si](C)(C)C)n3nccc3n2)CC1. The van der Waals surface area contributed by atoms with Crippen molar-refractivity contribution in [2.75, 3.05) is 51.9 Å². The van der Waals surface area contributed by atoms with Crippen LogP contribution in [0.15, 0.2) is 18.3 Å². The quantitative estimate of drug-likeness (QED) is 0.148. The number of carboxylic acid groups (broad SMARTS) is 1. The maximum atomic E-state index is 12.1. The Morgan fingerprint density at radius 2 is 1.62 bits per heavy atom. The summed E-state index contributed by atoms with van der Waals surface area (Å²) in [5, 5.41) is 14.5. The van der Waals surface area contributed by atoms with Gasteiger partial charge in [-0.1, -0.05) is 39.3 Å². The molecule has 1 aliphatic rings. The first kappa shape index (κ1) is 32.7. The van der Waals surface area contributed by atoms with Gasteiger partial charge in [0.15, 0.2) is 11.2 Å². The minimum absolute atomic E-state index is 0.125. The number of nitrogens with zero attached hydrogens (tertiary/aromatic N) is 4. The molecule has 2 aromatic heterocycles. The van der Waals surface area contributed by atoms with Gasteiger partial charge in [0, 0.05) is 60.2 Å². The fourth-order valence-corrected chi connectivity index (χ4v) is 6.26. The second-order valence-electron chi connectivity index (χ2n) is 13.3. The van der Waals surface area contributed by atoms with E-state index in [1.165, 1.54) is 0 Å². The number of hydrogen-bond acceptors (Lipinski definition) is 8. The Balaban J connectivity index is 1.80. The fourth-order valence-electron chi connectivity index (χ4n) is 4.75. The van der Waals surface area contributed by atoms with Crippen LogP contribution in [0, 0.1) is 0 Å². The van der Waals surface area contributed by atoms with Gasteiger partial charge >= 0.3 is 5.97 Å². The largest absolute Gasteiger partial charge is 0.479 e. The van der Waals surface area contributed by atoms with Crippen molar-refractivity contribution in [3.8, 4) is 0 Å². The van der Waals surface area contributed by atoms with Crippen LogP contribution in [0.2, 0.25) is 51.4 Å². The van der Waals surface area contributed by atoms with Gasteiger partial charge in [-0.25, -0.2) is 9.78 Å². The average Bonchev–Trinajstić information content (AvgIpc) is 3.35. The van der Waals surface area contributed by atoms with Gasteiger partial charge in [-0.3, -0.25) is 0 Å². The number of aliphatic carboxylic acids is 1. The molecule has 40 heavy (non-hydrogen) atoms. The van der Waals surface area contributed by atoms with Gasteiger partial charge in [-0.2, -0.15) is 9.61 Å². The minimum atomic E-state index is -1.21. The third-order valence-electron chi connectivity index (χ3n) is 7.44. The first-order chi connectivity index (χ1) is 18.8. The zero-order chi connectivity index (χ0) is 29.4. The molecule has 12 heteroatoms. The summed E-state index contributed by atoms with van der Waals surface area (Å²) in [6, 6.07) is 6.17. The monoisotopic (exact) mass is 594 g/mol. The van der Waals surface area contributed by atoms with E-state index in [0.29, 0.717) is 59.0 Å². The highest BCUT2D eigenvalue weighted by atomic mass is 28.3. The van der Waals surface area contributed by atoms with Gasteiger partial charge in [0.25, 0.3) is 0 Å². The minimum Gasteiger partial charge on any atom is -0.479 e. The van der Waals surface area contributed by atoms with Gasteiger partial charge < -0.3 is 29.0 Å². The van der Waals surface area contributed by atoms with E-state index in [1.807, 2.05) is 10.6 Å². The van der Waals surface area contributed by atoms with Crippen molar-refractivity contribution in [3.05, 3.63) is 24.0 Å². The topological polar surface area (TPSA) is 108 Å². The first-order valence-corrected chi connectivity index (χ1v) is 21.9. The summed E-state index contributed by atoms with van der Waals surface area (Å²) in [5.41, 5.74) is 0.528. The number of rotatable bonds is 17. The number of methoxy groups -OCH3 is 1. The van der Waals surface area contributed by atoms with Crippen LogP contribution >= 0.6 is 0 Å². The normalized spacial score (nSPS) is 20.2. The summed E-state index contributed by atoms with van der Waals surface area (Å²) < 4.78 is 25.1. The Bertz CT molecular complexity index is 1050. The summed E-state index contributed by atoms with van der Waals surface area (Å²) in [6.07, 6.45) is 3.97. The number of fused-ring (bicyclic) bond motifs is 1. The van der Waals surface area contributed by atoms with Crippen LogP contribution in [0.25, 0.3) is 5.65 Å². The van der Waals surface area contributed by atoms with Gasteiger partial charge in [-0.05, 0) is 37.8 Å². The highest BCUT2D eigenvalue weighted by Gasteiger charge is 2.43. The lowest BCUT2D eigenvalue weighted by atomic mass is 9.77. The van der Waals surface area contributed by atoms with Crippen molar-refractivity contribution >= 4 is 33.6 Å². The van der Waals surface area contributed by atoms with Gasteiger partial charge in [0.05, 0.1) is 19.4 Å². The maximum absolute atomic E-state index is 12.1. The van der Waals surface area contributed by atoms with Crippen LogP contribution < -0.4 is 4.90 Å². The Morgan fingerprint density at radius 3 is 2.15 bits per heavy atom. The predicted octanol–water partition coefficient (Wildman–Crippen LogP) is 5.30. The second kappa shape index (κ2) is 14.4. The predicted molar refractivity (Wildman–Crippen MR) is 163 cm³/mol. The summed E-state index contributed by atoms with van der Waals surface area (Å²) in [5.74, 6) is 0.0936. The number of hydrogen-bond donors (Lipinski definition) is 1. The van der Waals surface area contributed by atoms with Crippen LogP contribution in [0.3, 0.4) is 0 Å². The molecule has 1 saturated carbocycles. The molecule has 0 unspecified atom stereocenters. The molecule has 0 bridgehead atoms. The molecule has 2 aromatic rings. The van der Waals surface area contributed by atoms with E-state index in [2.05, 4.69) is 55.3 Å². The molecule has 1 aliphatic carbocycles. The van der Waals surface area contributed by atoms with Gasteiger partial charge in [0.1, 0.15) is 19.3 Å². The Hall–Kier alpha value is -1.84. The molecule has 2 heterocycles. The zero-order valence-corrected chi connectivity index (χ0v) is 27.6. The number of aromatic nitrogens is 3. The lowest BCUT2D eigenvalue weighted by Crippen LogP contribution is -2.45. The number of ether oxygens (including phenoxy) is 4. The van der Waals surface area contributed by atoms with Crippen LogP contribution in [0.4, 0.5) is 5.82 Å². The molecule has 1 fully saturated rings. The van der Waals surface area contributed by atoms with E-state index in [4.69, 9.17) is 23.9 Å². The summed E-state index contributed by atoms with van der Waals surface area (Å²) >= 11 is 0. The molecule has 0 spiro atoms. The fraction of sp³-hybridized carbons (Fsp3) is 0.750. The Morgan fingerprint density at radius 1 is 1.02 bits per heavy atom. The molecule has 0 radical (unpaired) electrons. The molecule has 0 aromatic carbocycles. The van der Waals surface area contributed by atoms with Crippen LogP contribution in [-0.2, 0) is 23.7 Å². The van der Waals surface area contributed by atoms with Crippen LogP contribution in [-0.4, -0.2) is 94.4 Å². The third-order valence-corrected chi connectivity index (χ3v) is 10.8. The molecule has 10 nitrogen and oxygen atoms in total. The van der Waals surface area contributed by atoms with Crippen molar-refractivity contribution < 1.29 is 28.8 Å². The zero-order valence-electron chi connectivity index (χ0n) is 25.6. The van der Waals surface area contributed by atoms with Crippen LogP contribution in [0.5, 0.6) is 0 Å². The molecule has 3 rings (SSSR count). The third kappa shape index (κ3) is 9.62. The lowest BCUT2D eigenvalue weighted by molar-refractivity contribution is -0.173. The Kier molecular flexibility index (Phi) is 11.7. The highest BCUT2D eigenvalue weighted by Crippen LogP contribution is 2.40. The van der Waals surface area contributed by atoms with Crippen LogP contribution in [0.1, 0.15) is 37.3 Å². The molecule has 0 atom stereocenters. The molecule has 0 aliphatic heterocycles. The molecule has 226 valence electrons. The van der Waals surface area contributed by atoms with E-state index in [9.17, 15) is 9.90 Å². The smallest absolute Gasteiger partial charge is 0.335 e. The highest BCUT2D eigenvalue weighted by molar-refractivity contribution is 6.76. The molecule has 0 amide bonds. The summed E-state index contributed by atoms with van der Waals surface area (Å²) in [6.45, 7) is 17.0. The van der Waals surface area contributed by atoms with Crippen molar-refractivity contribution in [1.82, 2.24) is 14.6 Å². The second-order valence-corrected chi connectivity index (χ2v) is 24.5. The number of carbonyl (C=O) groups is 1. The lowest BCUT2D eigenvalue weighted by Gasteiger charge is -2.36. The van der Waals surface area contributed by atoms with Gasteiger partial charge in [-0.15, -0.1) is 0 Å². The van der Waals surface area contributed by atoms with Crippen molar-refractivity contribution in [2.45, 2.75) is 88.6 Å². The van der Waals surface area contributed by atoms with E-state index in [0.717, 1.165) is 29.2 Å². The van der Waals surface area contributed by atoms with Gasteiger partial charge in [0.2, 0.25) is 0 Å². The first-order valence-electron chi connectivity index (χ1n) is 14.4. The van der Waals surface area contributed by atoms with E-state index in [1.54, 1.807) is 13.3 Å². The molecular weight excluding hydrogens is 545 g/mol. The average molecular weight is 595 g/mol. The summed E-state index contributed by atoms with van der Waals surface area (Å²) in [4.78, 5) is 19.2. The van der Waals surface area contributed by atoms with Crippen molar-refractivity contribution in [1.29, 1.82) is 0 Å². The van der Waals surface area contributed by atoms with Crippen molar-refractivity contribution in [3.63, 3.8) is 0 Å². The molecular formula is C28H50N4O6Si2. The maximum Gasteiger partial charge on any atom is 0.335 e. The standard InChI is InChI=1S/C28H50N4O6Si2/c1-35-14-15-38-28(27(33)34)11-8-23(9-12-28)24-20-26(32-25(30-24)10-13-29-32)31(21-36-16-18-39(2,3)4)22-37-17-19-40(5,6)7/h10,13,20,23H,8-9,11-12,14-19,21-22H2,1-7H3,(H,33,34). The summed E-state index contributed by atoms with van der Waals surface area (Å²) in [7, 11) is -0.841.